The van der Waals surface area contributed by atoms with E-state index in [1.807, 2.05) is 13.8 Å². The molecular weight excluding hydrogens is 191 g/mol. The molecule has 0 bridgehead atoms. The second-order valence-corrected chi connectivity index (χ2v) is 5.11. The Bertz CT molecular complexity index is 76.0. The summed E-state index contributed by atoms with van der Waals surface area (Å²) in [6.45, 7) is 4.98. The van der Waals surface area contributed by atoms with E-state index < -0.39 is 13.7 Å². The zero-order valence-corrected chi connectivity index (χ0v) is 8.58. The second-order valence-electron chi connectivity index (χ2n) is 1.49. The first-order valence-corrected chi connectivity index (χ1v) is 5.39. The Labute approximate surface area is 73.3 Å². The zero-order valence-electron chi connectivity index (χ0n) is 6.06. The van der Waals surface area contributed by atoms with Crippen LogP contribution in [0.4, 0.5) is 0 Å². The van der Waals surface area contributed by atoms with Gasteiger partial charge in [0.25, 0.3) is 0 Å². The lowest BCUT2D eigenvalue weighted by Crippen LogP contribution is -2.30. The first-order valence-electron chi connectivity index (χ1n) is 3.12. The van der Waals surface area contributed by atoms with Gasteiger partial charge in [-0.25, -0.2) is 0 Å². The summed E-state index contributed by atoms with van der Waals surface area (Å²) < 4.78 is 9.81. The number of alkyl halides is 2. The summed E-state index contributed by atoms with van der Waals surface area (Å²) >= 11 is 11.1. The smallest absolute Gasteiger partial charge is 0.392 e. The molecule has 5 heteroatoms. The number of rotatable bonds is 5. The van der Waals surface area contributed by atoms with E-state index in [1.54, 1.807) is 0 Å². The average molecular weight is 202 g/mol. The van der Waals surface area contributed by atoms with Crippen LogP contribution in [0.3, 0.4) is 0 Å². The molecule has 0 aromatic heterocycles. The van der Waals surface area contributed by atoms with Crippen LogP contribution in [0.1, 0.15) is 13.8 Å². The largest absolute Gasteiger partial charge is 0.420 e. The lowest BCUT2D eigenvalue weighted by atomic mass is 10.9. The molecule has 2 nitrogen and oxygen atoms in total. The minimum Gasteiger partial charge on any atom is -0.392 e. The Kier molecular flexibility index (Phi) is 6.89. The molecule has 0 atom stereocenters. The van der Waals surface area contributed by atoms with Crippen molar-refractivity contribution in [1.29, 1.82) is 0 Å². The van der Waals surface area contributed by atoms with Crippen molar-refractivity contribution in [3.8, 4) is 0 Å². The molecule has 0 unspecified atom stereocenters. The molecule has 61 valence electrons. The summed E-state index contributed by atoms with van der Waals surface area (Å²) in [6.07, 6.45) is 0. The molecule has 10 heavy (non-hydrogen) atoms. The second kappa shape index (κ2) is 6.43. The topological polar surface area (TPSA) is 18.5 Å². The minimum atomic E-state index is -1.43. The molecule has 0 heterocycles. The first-order chi connectivity index (χ1) is 4.72. The fourth-order valence-electron chi connectivity index (χ4n) is 0.452. The maximum Gasteiger partial charge on any atom is 0.420 e. The van der Waals surface area contributed by atoms with Crippen molar-refractivity contribution in [1.82, 2.24) is 0 Å². The van der Waals surface area contributed by atoms with Crippen molar-refractivity contribution >= 4 is 32.5 Å². The van der Waals surface area contributed by atoms with Gasteiger partial charge < -0.3 is 8.85 Å². The van der Waals surface area contributed by atoms with Crippen LogP contribution in [0.5, 0.6) is 0 Å². The molecule has 0 spiro atoms. The van der Waals surface area contributed by atoms with Crippen molar-refractivity contribution in [2.75, 3.05) is 13.2 Å². The third-order valence-corrected chi connectivity index (χ3v) is 3.32. The molecule has 1 radical (unpaired) electrons. The number of hydrogen-bond acceptors (Lipinski definition) is 2. The van der Waals surface area contributed by atoms with Crippen LogP contribution < -0.4 is 0 Å². The van der Waals surface area contributed by atoms with E-state index in [9.17, 15) is 0 Å². The fraction of sp³-hybridized carbons (Fsp3) is 1.00. The maximum absolute atomic E-state index is 5.56. The summed E-state index contributed by atoms with van der Waals surface area (Å²) in [5.41, 5.74) is 0. The summed E-state index contributed by atoms with van der Waals surface area (Å²) in [5, 5.41) is 0. The predicted molar refractivity (Wildman–Crippen MR) is 44.5 cm³/mol. The Balaban J connectivity index is 3.50. The highest BCUT2D eigenvalue weighted by atomic mass is 35.5. The first kappa shape index (κ1) is 10.7. The van der Waals surface area contributed by atoms with E-state index in [2.05, 4.69) is 0 Å². The number of hydrogen-bond donors (Lipinski definition) is 0. The third-order valence-electron chi connectivity index (χ3n) is 0.751. The molecule has 0 fully saturated rings. The van der Waals surface area contributed by atoms with Crippen LogP contribution in [-0.4, -0.2) is 27.0 Å². The SMILES string of the molecule is CCO[Si](OCC)C(Cl)Cl. The van der Waals surface area contributed by atoms with Gasteiger partial charge in [0, 0.05) is 13.2 Å². The van der Waals surface area contributed by atoms with Gasteiger partial charge in [0.05, 0.1) is 0 Å². The quantitative estimate of drug-likeness (QED) is 0.500. The van der Waals surface area contributed by atoms with Gasteiger partial charge in [0.1, 0.15) is 0 Å². The Morgan fingerprint density at radius 3 is 1.80 bits per heavy atom. The van der Waals surface area contributed by atoms with Crippen LogP contribution in [0.25, 0.3) is 0 Å². The maximum atomic E-state index is 5.56. The molecule has 0 aromatic rings. The van der Waals surface area contributed by atoms with Crippen LogP contribution in [-0.2, 0) is 8.85 Å². The summed E-state index contributed by atoms with van der Waals surface area (Å²) in [7, 11) is -1.43. The monoisotopic (exact) mass is 201 g/mol. The predicted octanol–water partition coefficient (Wildman–Crippen LogP) is 1.89. The molecule has 0 aliphatic carbocycles. The van der Waals surface area contributed by atoms with Gasteiger partial charge in [0.15, 0.2) is 4.46 Å². The lowest BCUT2D eigenvalue weighted by molar-refractivity contribution is 0.216. The molecule has 0 saturated carbocycles. The van der Waals surface area contributed by atoms with E-state index in [0.29, 0.717) is 13.2 Å². The Morgan fingerprint density at radius 2 is 1.60 bits per heavy atom. The third kappa shape index (κ3) is 4.52. The highest BCUT2D eigenvalue weighted by Gasteiger charge is 2.23. The molecule has 0 N–H and O–H groups in total. The summed E-state index contributed by atoms with van der Waals surface area (Å²) in [6, 6.07) is 0. The van der Waals surface area contributed by atoms with Gasteiger partial charge in [-0.3, -0.25) is 0 Å². The molecule has 0 aromatic carbocycles. The average Bonchev–Trinajstić information content (AvgIpc) is 1.87. The minimum absolute atomic E-state index is 0.509. The van der Waals surface area contributed by atoms with Crippen LogP contribution in [0.15, 0.2) is 0 Å². The molecule has 0 saturated heterocycles. The molecule has 0 rings (SSSR count). The Morgan fingerprint density at radius 1 is 1.20 bits per heavy atom. The van der Waals surface area contributed by atoms with Crippen molar-refractivity contribution in [3.05, 3.63) is 0 Å². The van der Waals surface area contributed by atoms with Crippen LogP contribution >= 0.6 is 23.2 Å². The van der Waals surface area contributed by atoms with E-state index in [-0.39, 0.29) is 0 Å². The van der Waals surface area contributed by atoms with Crippen LogP contribution in [0.2, 0.25) is 0 Å². The van der Waals surface area contributed by atoms with Gasteiger partial charge in [-0.15, -0.1) is 23.2 Å². The molecule has 0 amide bonds. The molecule has 0 aliphatic heterocycles. The highest BCUT2D eigenvalue weighted by Crippen LogP contribution is 2.08. The Hall–Kier alpha value is 0.717. The van der Waals surface area contributed by atoms with Crippen molar-refractivity contribution in [3.63, 3.8) is 0 Å². The summed E-state index contributed by atoms with van der Waals surface area (Å²) in [4.78, 5) is 0. The van der Waals surface area contributed by atoms with E-state index in [0.717, 1.165) is 0 Å². The highest BCUT2D eigenvalue weighted by molar-refractivity contribution is 6.72. The lowest BCUT2D eigenvalue weighted by Gasteiger charge is -2.12. The zero-order chi connectivity index (χ0) is 7.98. The molecule has 0 aliphatic rings. The summed E-state index contributed by atoms with van der Waals surface area (Å²) in [5.74, 6) is 0. The van der Waals surface area contributed by atoms with E-state index >= 15 is 0 Å². The van der Waals surface area contributed by atoms with E-state index in [4.69, 9.17) is 32.1 Å². The van der Waals surface area contributed by atoms with Gasteiger partial charge in [-0.1, -0.05) is 0 Å². The normalized spacial score (nSPS) is 11.4. The van der Waals surface area contributed by atoms with Gasteiger partial charge >= 0.3 is 9.28 Å². The van der Waals surface area contributed by atoms with Crippen molar-refractivity contribution < 1.29 is 8.85 Å². The van der Waals surface area contributed by atoms with Crippen molar-refractivity contribution in [2.45, 2.75) is 18.3 Å². The van der Waals surface area contributed by atoms with Gasteiger partial charge in [0.2, 0.25) is 0 Å². The van der Waals surface area contributed by atoms with Gasteiger partial charge in [-0.2, -0.15) is 0 Å². The van der Waals surface area contributed by atoms with E-state index in [1.165, 1.54) is 0 Å². The standard InChI is InChI=1S/C5H11Cl2O2Si/c1-3-8-10(5(6)7)9-4-2/h5H,3-4H2,1-2H3. The van der Waals surface area contributed by atoms with Crippen molar-refractivity contribution in [2.24, 2.45) is 0 Å². The van der Waals surface area contributed by atoms with Crippen LogP contribution in [0, 0.1) is 0 Å². The fourth-order valence-corrected chi connectivity index (χ4v) is 2.11. The van der Waals surface area contributed by atoms with Gasteiger partial charge in [-0.05, 0) is 13.8 Å². The number of halogens is 2. The molecular formula is C5H11Cl2O2Si.